The number of thiazole rings is 1. The standard InChI is InChI=1S/C13H17N3OS/c1-3-12-8-16-13(18-12)9(2)14-6-10-4-5-11(17)7-15-10/h4-5,7-9,14,17H,3,6H2,1-2H3. The lowest BCUT2D eigenvalue weighted by Crippen LogP contribution is -2.18. The molecule has 1 atom stereocenters. The Hall–Kier alpha value is -1.46. The van der Waals surface area contributed by atoms with Gasteiger partial charge in [-0.25, -0.2) is 4.98 Å². The molecule has 0 aliphatic heterocycles. The first-order valence-electron chi connectivity index (χ1n) is 6.01. The zero-order chi connectivity index (χ0) is 13.0. The maximum Gasteiger partial charge on any atom is 0.133 e. The number of hydrogen-bond donors (Lipinski definition) is 2. The predicted molar refractivity (Wildman–Crippen MR) is 72.6 cm³/mol. The lowest BCUT2D eigenvalue weighted by molar-refractivity contribution is 0.471. The molecular weight excluding hydrogens is 246 g/mol. The Balaban J connectivity index is 1.91. The third-order valence-electron chi connectivity index (χ3n) is 2.69. The van der Waals surface area contributed by atoms with Crippen LogP contribution in [0, 0.1) is 0 Å². The molecule has 0 spiro atoms. The van der Waals surface area contributed by atoms with Gasteiger partial charge in [0, 0.05) is 17.6 Å². The van der Waals surface area contributed by atoms with Crippen LogP contribution in [0.1, 0.15) is 35.5 Å². The molecule has 0 saturated carbocycles. The molecule has 0 aromatic carbocycles. The van der Waals surface area contributed by atoms with Crippen LogP contribution in [-0.4, -0.2) is 15.1 Å². The minimum atomic E-state index is 0.194. The SMILES string of the molecule is CCc1cnc(C(C)NCc2ccc(O)cn2)s1. The topological polar surface area (TPSA) is 58.0 Å². The van der Waals surface area contributed by atoms with Gasteiger partial charge in [-0.2, -0.15) is 0 Å². The summed E-state index contributed by atoms with van der Waals surface area (Å²) in [7, 11) is 0. The van der Waals surface area contributed by atoms with Gasteiger partial charge >= 0.3 is 0 Å². The molecule has 96 valence electrons. The molecule has 4 nitrogen and oxygen atoms in total. The Bertz CT molecular complexity index is 495. The van der Waals surface area contributed by atoms with Crippen molar-refractivity contribution in [2.45, 2.75) is 32.9 Å². The van der Waals surface area contributed by atoms with Crippen molar-refractivity contribution in [2.24, 2.45) is 0 Å². The number of aromatic hydroxyl groups is 1. The number of hydrogen-bond acceptors (Lipinski definition) is 5. The van der Waals surface area contributed by atoms with Gasteiger partial charge in [0.05, 0.1) is 17.9 Å². The van der Waals surface area contributed by atoms with E-state index in [9.17, 15) is 0 Å². The third-order valence-corrected chi connectivity index (χ3v) is 4.01. The third kappa shape index (κ3) is 3.27. The van der Waals surface area contributed by atoms with Crippen molar-refractivity contribution in [3.8, 4) is 5.75 Å². The van der Waals surface area contributed by atoms with Crippen LogP contribution in [0.15, 0.2) is 24.5 Å². The highest BCUT2D eigenvalue weighted by atomic mass is 32.1. The van der Waals surface area contributed by atoms with E-state index in [0.29, 0.717) is 6.54 Å². The summed E-state index contributed by atoms with van der Waals surface area (Å²) >= 11 is 1.74. The zero-order valence-electron chi connectivity index (χ0n) is 10.6. The monoisotopic (exact) mass is 263 g/mol. The molecule has 1 unspecified atom stereocenters. The van der Waals surface area contributed by atoms with Crippen molar-refractivity contribution >= 4 is 11.3 Å². The number of aryl methyl sites for hydroxylation is 1. The molecule has 0 bridgehead atoms. The molecule has 0 fully saturated rings. The summed E-state index contributed by atoms with van der Waals surface area (Å²) in [6.07, 6.45) is 4.43. The van der Waals surface area contributed by atoms with Crippen LogP contribution in [0.3, 0.4) is 0 Å². The number of nitrogens with one attached hydrogen (secondary N) is 1. The fraction of sp³-hybridized carbons (Fsp3) is 0.385. The average Bonchev–Trinajstić information content (AvgIpc) is 2.86. The van der Waals surface area contributed by atoms with E-state index in [-0.39, 0.29) is 11.8 Å². The van der Waals surface area contributed by atoms with E-state index in [1.807, 2.05) is 12.3 Å². The fourth-order valence-corrected chi connectivity index (χ4v) is 2.44. The molecule has 0 aliphatic rings. The molecule has 0 amide bonds. The number of nitrogens with zero attached hydrogens (tertiary/aromatic N) is 2. The van der Waals surface area contributed by atoms with E-state index in [0.717, 1.165) is 17.1 Å². The van der Waals surface area contributed by atoms with Gasteiger partial charge in [0.2, 0.25) is 0 Å². The van der Waals surface area contributed by atoms with Crippen LogP contribution < -0.4 is 5.32 Å². The summed E-state index contributed by atoms with van der Waals surface area (Å²) in [5, 5.41) is 13.6. The van der Waals surface area contributed by atoms with Crippen molar-refractivity contribution in [1.29, 1.82) is 0 Å². The Morgan fingerprint density at radius 3 is 2.78 bits per heavy atom. The molecular formula is C13H17N3OS. The van der Waals surface area contributed by atoms with Crippen LogP contribution in [0.2, 0.25) is 0 Å². The molecule has 2 heterocycles. The summed E-state index contributed by atoms with van der Waals surface area (Å²) in [5.74, 6) is 0.194. The second-order valence-electron chi connectivity index (χ2n) is 4.13. The Morgan fingerprint density at radius 2 is 2.17 bits per heavy atom. The molecule has 5 heteroatoms. The fourth-order valence-electron chi connectivity index (χ4n) is 1.55. The molecule has 2 aromatic rings. The number of aromatic nitrogens is 2. The molecule has 2 N–H and O–H groups in total. The molecule has 0 radical (unpaired) electrons. The summed E-state index contributed by atoms with van der Waals surface area (Å²) in [6, 6.07) is 3.67. The molecule has 2 rings (SSSR count). The molecule has 2 aromatic heterocycles. The number of rotatable bonds is 5. The lowest BCUT2D eigenvalue weighted by atomic mass is 10.3. The Labute approximate surface area is 111 Å². The van der Waals surface area contributed by atoms with Crippen molar-refractivity contribution in [3.05, 3.63) is 40.1 Å². The average molecular weight is 263 g/mol. The van der Waals surface area contributed by atoms with Crippen molar-refractivity contribution in [1.82, 2.24) is 15.3 Å². The summed E-state index contributed by atoms with van der Waals surface area (Å²) in [4.78, 5) is 9.85. The zero-order valence-corrected chi connectivity index (χ0v) is 11.4. The Kier molecular flexibility index (Phi) is 4.28. The maximum atomic E-state index is 9.15. The molecule has 0 saturated heterocycles. The van der Waals surface area contributed by atoms with Gasteiger partial charge in [-0.05, 0) is 25.5 Å². The van der Waals surface area contributed by atoms with E-state index in [2.05, 4.69) is 29.1 Å². The first-order valence-corrected chi connectivity index (χ1v) is 6.82. The van der Waals surface area contributed by atoms with Gasteiger partial charge in [0.1, 0.15) is 10.8 Å². The normalized spacial score (nSPS) is 12.6. The van der Waals surface area contributed by atoms with Crippen molar-refractivity contribution in [3.63, 3.8) is 0 Å². The first kappa shape index (κ1) is 13.0. The van der Waals surface area contributed by atoms with Gasteiger partial charge in [0.15, 0.2) is 0 Å². The smallest absolute Gasteiger partial charge is 0.133 e. The summed E-state index contributed by atoms with van der Waals surface area (Å²) in [5.41, 5.74) is 0.909. The minimum Gasteiger partial charge on any atom is -0.506 e. The molecule has 18 heavy (non-hydrogen) atoms. The second-order valence-corrected chi connectivity index (χ2v) is 5.28. The van der Waals surface area contributed by atoms with E-state index < -0.39 is 0 Å². The van der Waals surface area contributed by atoms with Gasteiger partial charge in [-0.3, -0.25) is 4.98 Å². The first-order chi connectivity index (χ1) is 8.69. The van der Waals surface area contributed by atoms with Gasteiger partial charge in [-0.1, -0.05) is 6.92 Å². The predicted octanol–water partition coefficient (Wildman–Crippen LogP) is 2.66. The highest BCUT2D eigenvalue weighted by Gasteiger charge is 2.09. The maximum absolute atomic E-state index is 9.15. The van der Waals surface area contributed by atoms with E-state index in [4.69, 9.17) is 5.11 Å². The highest BCUT2D eigenvalue weighted by molar-refractivity contribution is 7.11. The van der Waals surface area contributed by atoms with Gasteiger partial charge in [0.25, 0.3) is 0 Å². The van der Waals surface area contributed by atoms with E-state index >= 15 is 0 Å². The van der Waals surface area contributed by atoms with Crippen LogP contribution in [0.5, 0.6) is 5.75 Å². The molecule has 0 aliphatic carbocycles. The van der Waals surface area contributed by atoms with Crippen LogP contribution in [0.25, 0.3) is 0 Å². The Morgan fingerprint density at radius 1 is 1.33 bits per heavy atom. The van der Waals surface area contributed by atoms with Crippen molar-refractivity contribution in [2.75, 3.05) is 0 Å². The lowest BCUT2D eigenvalue weighted by Gasteiger charge is -2.10. The highest BCUT2D eigenvalue weighted by Crippen LogP contribution is 2.20. The van der Waals surface area contributed by atoms with Gasteiger partial charge in [-0.15, -0.1) is 11.3 Å². The number of pyridine rings is 1. The summed E-state index contributed by atoms with van der Waals surface area (Å²) < 4.78 is 0. The van der Waals surface area contributed by atoms with E-state index in [1.54, 1.807) is 17.4 Å². The quantitative estimate of drug-likeness (QED) is 0.870. The minimum absolute atomic E-state index is 0.194. The van der Waals surface area contributed by atoms with E-state index in [1.165, 1.54) is 11.1 Å². The van der Waals surface area contributed by atoms with Crippen LogP contribution in [0.4, 0.5) is 0 Å². The van der Waals surface area contributed by atoms with Crippen LogP contribution in [-0.2, 0) is 13.0 Å². The van der Waals surface area contributed by atoms with Crippen molar-refractivity contribution < 1.29 is 5.11 Å². The van der Waals surface area contributed by atoms with Crippen LogP contribution >= 0.6 is 11.3 Å². The largest absolute Gasteiger partial charge is 0.506 e. The second kappa shape index (κ2) is 5.93. The summed E-state index contributed by atoms with van der Waals surface area (Å²) in [6.45, 7) is 4.90. The van der Waals surface area contributed by atoms with Gasteiger partial charge < -0.3 is 10.4 Å².